The van der Waals surface area contributed by atoms with Gasteiger partial charge in [0.25, 0.3) is 11.8 Å². The van der Waals surface area contributed by atoms with Crippen LogP contribution in [0.2, 0.25) is 0 Å². The molecule has 1 fully saturated rings. The number of fused-ring (bicyclic) bond motifs is 2. The molecule has 1 N–H and O–H groups in total. The molecule has 2 atom stereocenters. The molecule has 0 aromatic heterocycles. The van der Waals surface area contributed by atoms with Crippen LogP contribution in [0.3, 0.4) is 0 Å². The molecule has 2 heterocycles. The maximum atomic E-state index is 13.5. The summed E-state index contributed by atoms with van der Waals surface area (Å²) >= 11 is 0. The topological polar surface area (TPSA) is 69.7 Å². The van der Waals surface area contributed by atoms with Crippen molar-refractivity contribution >= 4 is 23.4 Å². The molecular weight excluding hydrogens is 450 g/mol. The molecule has 36 heavy (non-hydrogen) atoms. The van der Waals surface area contributed by atoms with Gasteiger partial charge in [0.2, 0.25) is 5.91 Å². The molecule has 3 amide bonds. The van der Waals surface area contributed by atoms with Crippen LogP contribution in [-0.4, -0.2) is 35.2 Å². The van der Waals surface area contributed by atoms with Crippen molar-refractivity contribution in [3.05, 3.63) is 101 Å². The van der Waals surface area contributed by atoms with Gasteiger partial charge in [-0.2, -0.15) is 0 Å². The Kier molecular flexibility index (Phi) is 6.59. The Morgan fingerprint density at radius 2 is 1.67 bits per heavy atom. The molecule has 5 rings (SSSR count). The molecule has 0 radical (unpaired) electrons. The average molecular weight is 482 g/mol. The van der Waals surface area contributed by atoms with Crippen molar-refractivity contribution in [2.45, 2.75) is 51.7 Å². The number of para-hydroxylation sites is 1. The SMILES string of the molecule is CCc1ccc([C@@H](C)NC(=O)c2ccc(CN3C(=O)[C@@H]4CCCN4C(=O)c4ccccc43)cc2)cc1. The summed E-state index contributed by atoms with van der Waals surface area (Å²) in [5.41, 5.74) is 5.00. The van der Waals surface area contributed by atoms with Crippen LogP contribution in [0.1, 0.15) is 70.1 Å². The number of rotatable bonds is 6. The number of aryl methyl sites for hydroxylation is 1. The van der Waals surface area contributed by atoms with Crippen LogP contribution < -0.4 is 10.2 Å². The second kappa shape index (κ2) is 9.97. The van der Waals surface area contributed by atoms with Crippen LogP contribution in [0.25, 0.3) is 0 Å². The summed E-state index contributed by atoms with van der Waals surface area (Å²) in [5.74, 6) is -0.262. The van der Waals surface area contributed by atoms with Gasteiger partial charge in [-0.05, 0) is 67.1 Å². The van der Waals surface area contributed by atoms with E-state index in [0.29, 0.717) is 36.3 Å². The van der Waals surface area contributed by atoms with E-state index < -0.39 is 6.04 Å². The van der Waals surface area contributed by atoms with E-state index in [1.807, 2.05) is 37.3 Å². The molecule has 0 saturated carbocycles. The largest absolute Gasteiger partial charge is 0.346 e. The molecule has 0 spiro atoms. The van der Waals surface area contributed by atoms with Crippen LogP contribution >= 0.6 is 0 Å². The molecule has 1 saturated heterocycles. The lowest BCUT2D eigenvalue weighted by atomic mass is 10.0. The summed E-state index contributed by atoms with van der Waals surface area (Å²) in [6.07, 6.45) is 2.51. The fourth-order valence-corrected chi connectivity index (χ4v) is 5.12. The van der Waals surface area contributed by atoms with E-state index in [2.05, 4.69) is 36.5 Å². The number of nitrogens with zero attached hydrogens (tertiary/aromatic N) is 2. The molecule has 6 nitrogen and oxygen atoms in total. The molecule has 2 aliphatic rings. The number of carbonyl (C=O) groups excluding carboxylic acids is 3. The van der Waals surface area contributed by atoms with E-state index in [0.717, 1.165) is 24.0 Å². The highest BCUT2D eigenvalue weighted by Gasteiger charge is 2.41. The molecular formula is C30H31N3O3. The predicted octanol–water partition coefficient (Wildman–Crippen LogP) is 4.89. The van der Waals surface area contributed by atoms with Gasteiger partial charge in [-0.1, -0.05) is 55.5 Å². The van der Waals surface area contributed by atoms with Crippen molar-refractivity contribution in [3.63, 3.8) is 0 Å². The minimum Gasteiger partial charge on any atom is -0.346 e. The van der Waals surface area contributed by atoms with Crippen molar-refractivity contribution < 1.29 is 14.4 Å². The lowest BCUT2D eigenvalue weighted by Gasteiger charge is -2.26. The Morgan fingerprint density at radius 3 is 2.39 bits per heavy atom. The van der Waals surface area contributed by atoms with Crippen molar-refractivity contribution in [3.8, 4) is 0 Å². The van der Waals surface area contributed by atoms with Gasteiger partial charge < -0.3 is 15.1 Å². The molecule has 6 heteroatoms. The number of nitrogens with one attached hydrogen (secondary N) is 1. The van der Waals surface area contributed by atoms with Gasteiger partial charge in [0.1, 0.15) is 6.04 Å². The Bertz CT molecular complexity index is 1280. The fraction of sp³-hybridized carbons (Fsp3) is 0.300. The van der Waals surface area contributed by atoms with E-state index in [1.54, 1.807) is 28.0 Å². The molecule has 184 valence electrons. The first-order chi connectivity index (χ1) is 17.5. The third kappa shape index (κ3) is 4.51. The number of hydrogen-bond donors (Lipinski definition) is 1. The van der Waals surface area contributed by atoms with Crippen LogP contribution in [0, 0.1) is 0 Å². The van der Waals surface area contributed by atoms with Crippen LogP contribution in [-0.2, 0) is 17.8 Å². The van der Waals surface area contributed by atoms with E-state index in [1.165, 1.54) is 5.56 Å². The highest BCUT2D eigenvalue weighted by atomic mass is 16.2. The Hall–Kier alpha value is -3.93. The van der Waals surface area contributed by atoms with Crippen molar-refractivity contribution in [1.29, 1.82) is 0 Å². The first-order valence-corrected chi connectivity index (χ1v) is 12.7. The van der Waals surface area contributed by atoms with Gasteiger partial charge >= 0.3 is 0 Å². The maximum Gasteiger partial charge on any atom is 0.256 e. The van der Waals surface area contributed by atoms with E-state index in [9.17, 15) is 14.4 Å². The average Bonchev–Trinajstić information content (AvgIpc) is 3.39. The standard InChI is InChI=1S/C30H31N3O3/c1-3-21-10-14-23(15-11-21)20(2)31-28(34)24-16-12-22(13-17-24)19-33-26-8-5-4-7-25(26)29(35)32-18-6-9-27(32)30(33)36/h4-5,7-8,10-17,20,27H,3,6,9,18-19H2,1-2H3,(H,31,34)/t20-,27+/m1/s1. The zero-order chi connectivity index (χ0) is 25.2. The smallest absolute Gasteiger partial charge is 0.256 e. The summed E-state index contributed by atoms with van der Waals surface area (Å²) in [4.78, 5) is 42.9. The Morgan fingerprint density at radius 1 is 0.972 bits per heavy atom. The van der Waals surface area contributed by atoms with E-state index in [-0.39, 0.29) is 23.8 Å². The number of benzene rings is 3. The molecule has 2 aliphatic heterocycles. The van der Waals surface area contributed by atoms with Crippen LogP contribution in [0.4, 0.5) is 5.69 Å². The third-order valence-electron chi connectivity index (χ3n) is 7.28. The summed E-state index contributed by atoms with van der Waals surface area (Å²) in [5, 5.41) is 3.06. The second-order valence-corrected chi connectivity index (χ2v) is 9.59. The molecule has 0 unspecified atom stereocenters. The Labute approximate surface area is 211 Å². The number of carbonyl (C=O) groups is 3. The third-order valence-corrected chi connectivity index (χ3v) is 7.28. The van der Waals surface area contributed by atoms with Crippen LogP contribution in [0.15, 0.2) is 72.8 Å². The molecule has 3 aromatic rings. The van der Waals surface area contributed by atoms with Crippen molar-refractivity contribution in [2.24, 2.45) is 0 Å². The molecule has 0 bridgehead atoms. The lowest BCUT2D eigenvalue weighted by Crippen LogP contribution is -2.44. The number of anilines is 1. The van der Waals surface area contributed by atoms with Gasteiger partial charge in [-0.25, -0.2) is 0 Å². The minimum absolute atomic E-state index is 0.0458. The summed E-state index contributed by atoms with van der Waals surface area (Å²) < 4.78 is 0. The van der Waals surface area contributed by atoms with E-state index >= 15 is 0 Å². The highest BCUT2D eigenvalue weighted by molar-refractivity contribution is 6.11. The predicted molar refractivity (Wildman–Crippen MR) is 140 cm³/mol. The molecule has 3 aromatic carbocycles. The second-order valence-electron chi connectivity index (χ2n) is 9.59. The summed E-state index contributed by atoms with van der Waals surface area (Å²) in [7, 11) is 0. The number of amides is 3. The quantitative estimate of drug-likeness (QED) is 0.545. The fourth-order valence-electron chi connectivity index (χ4n) is 5.12. The van der Waals surface area contributed by atoms with Crippen molar-refractivity contribution in [1.82, 2.24) is 10.2 Å². The van der Waals surface area contributed by atoms with Gasteiger partial charge in [0.05, 0.1) is 23.8 Å². The first-order valence-electron chi connectivity index (χ1n) is 12.7. The lowest BCUT2D eigenvalue weighted by molar-refractivity contribution is -0.122. The summed E-state index contributed by atoms with van der Waals surface area (Å²) in [6, 6.07) is 22.4. The number of hydrogen-bond acceptors (Lipinski definition) is 3. The monoisotopic (exact) mass is 481 g/mol. The minimum atomic E-state index is -0.414. The van der Waals surface area contributed by atoms with Gasteiger partial charge in [-0.15, -0.1) is 0 Å². The van der Waals surface area contributed by atoms with Gasteiger partial charge in [0.15, 0.2) is 0 Å². The zero-order valence-electron chi connectivity index (χ0n) is 20.7. The highest BCUT2D eigenvalue weighted by Crippen LogP contribution is 2.33. The molecule has 0 aliphatic carbocycles. The normalized spacial score (nSPS) is 17.9. The maximum absolute atomic E-state index is 13.5. The summed E-state index contributed by atoms with van der Waals surface area (Å²) in [6.45, 7) is 5.05. The van der Waals surface area contributed by atoms with E-state index in [4.69, 9.17) is 0 Å². The Balaban J connectivity index is 1.32. The first kappa shape index (κ1) is 23.8. The van der Waals surface area contributed by atoms with Crippen molar-refractivity contribution in [2.75, 3.05) is 11.4 Å². The van der Waals surface area contributed by atoms with Crippen LogP contribution in [0.5, 0.6) is 0 Å². The van der Waals surface area contributed by atoms with Gasteiger partial charge in [0, 0.05) is 12.1 Å². The van der Waals surface area contributed by atoms with Gasteiger partial charge in [-0.3, -0.25) is 14.4 Å². The zero-order valence-corrected chi connectivity index (χ0v) is 20.7.